The molecule has 0 N–H and O–H groups in total. The summed E-state index contributed by atoms with van der Waals surface area (Å²) >= 11 is 0. The molecule has 0 spiro atoms. The molecular formula is C28H39F5. The number of hydrogen-bond acceptors (Lipinski definition) is 0. The molecule has 0 bridgehead atoms. The van der Waals surface area contributed by atoms with Gasteiger partial charge in [0.1, 0.15) is 17.2 Å². The smallest absolute Gasteiger partial charge is 0.206 e. The van der Waals surface area contributed by atoms with Crippen molar-refractivity contribution in [3.8, 4) is 0 Å². The molecule has 0 radical (unpaired) electrons. The maximum atomic E-state index is 14.0. The van der Waals surface area contributed by atoms with Gasteiger partial charge in [0, 0.05) is 0 Å². The summed E-state index contributed by atoms with van der Waals surface area (Å²) in [6, 6.07) is 1.81. The quantitative estimate of drug-likeness (QED) is 0.191. The van der Waals surface area contributed by atoms with Gasteiger partial charge in [0.25, 0.3) is 0 Å². The number of halogens is 5. The second-order valence-electron chi connectivity index (χ2n) is 10.3. The zero-order valence-electron chi connectivity index (χ0n) is 19.9. The van der Waals surface area contributed by atoms with Gasteiger partial charge in [0.05, 0.1) is 0 Å². The lowest BCUT2D eigenvalue weighted by Crippen LogP contribution is -2.25. The zero-order chi connectivity index (χ0) is 23.8. The van der Waals surface area contributed by atoms with E-state index in [-0.39, 0.29) is 5.92 Å². The molecule has 5 heteroatoms. The Morgan fingerprint density at radius 1 is 0.788 bits per heavy atom. The van der Waals surface area contributed by atoms with Crippen molar-refractivity contribution in [1.29, 1.82) is 0 Å². The molecule has 0 aromatic heterocycles. The molecule has 0 saturated heterocycles. The fourth-order valence-electron chi connectivity index (χ4n) is 6.07. The number of unbranched alkanes of at least 4 members (excludes halogenated alkanes) is 3. The molecule has 2 aliphatic rings. The maximum Gasteiger partial charge on any atom is 0.422 e. The van der Waals surface area contributed by atoms with Crippen LogP contribution in [-0.4, -0.2) is 0 Å². The number of allylic oxidation sites excluding steroid dienone is 2. The van der Waals surface area contributed by atoms with Gasteiger partial charge in [-0.05, 0) is 99.2 Å². The normalized spacial score (nSPS) is 26.7. The largest absolute Gasteiger partial charge is 0.422 e. The van der Waals surface area contributed by atoms with E-state index in [4.69, 9.17) is 0 Å². The predicted molar refractivity (Wildman–Crippen MR) is 124 cm³/mol. The van der Waals surface area contributed by atoms with E-state index in [0.717, 1.165) is 49.7 Å². The first-order chi connectivity index (χ1) is 15.8. The predicted octanol–water partition coefficient (Wildman–Crippen LogP) is 9.98. The number of hydrogen-bond donors (Lipinski definition) is 0. The van der Waals surface area contributed by atoms with Gasteiger partial charge >= 0.3 is 6.18 Å². The molecule has 186 valence electrons. The first-order valence-electron chi connectivity index (χ1n) is 13.0. The van der Waals surface area contributed by atoms with Crippen LogP contribution in [0.25, 0.3) is 0 Å². The van der Waals surface area contributed by atoms with Gasteiger partial charge in [-0.15, -0.1) is 0 Å². The summed E-state index contributed by atoms with van der Waals surface area (Å²) in [7, 11) is 0. The lowest BCUT2D eigenvalue weighted by molar-refractivity contribution is -0.142. The molecule has 2 fully saturated rings. The summed E-state index contributed by atoms with van der Waals surface area (Å²) in [5, 5.41) is 0. The maximum absolute atomic E-state index is 14.0. The van der Waals surface area contributed by atoms with E-state index < -0.39 is 23.4 Å². The fraction of sp³-hybridized carbons (Fsp3) is 0.714. The van der Waals surface area contributed by atoms with E-state index in [1.807, 2.05) is 0 Å². The van der Waals surface area contributed by atoms with Crippen LogP contribution < -0.4 is 0 Å². The Morgan fingerprint density at radius 2 is 1.33 bits per heavy atom. The molecule has 2 saturated carbocycles. The van der Waals surface area contributed by atoms with Crippen molar-refractivity contribution in [1.82, 2.24) is 0 Å². The van der Waals surface area contributed by atoms with Gasteiger partial charge in [0.15, 0.2) is 0 Å². The first kappa shape index (κ1) is 26.2. The summed E-state index contributed by atoms with van der Waals surface area (Å²) in [5.41, 5.74) is -1.39. The highest BCUT2D eigenvalue weighted by molar-refractivity contribution is 5.30. The third kappa shape index (κ3) is 7.55. The van der Waals surface area contributed by atoms with Gasteiger partial charge in [-0.2, -0.15) is 13.2 Å². The average molecular weight is 471 g/mol. The molecule has 0 amide bonds. The SMILES string of the molecule is CCC/C=C/CCCCC1CCC(C2CCC(c3cc(F)c(C(F)(F)F)c(F)c3)CC2)CC1. The van der Waals surface area contributed by atoms with Crippen LogP contribution in [0.4, 0.5) is 22.0 Å². The Labute approximate surface area is 196 Å². The summed E-state index contributed by atoms with van der Waals surface area (Å²) in [6.45, 7) is 2.20. The van der Waals surface area contributed by atoms with Crippen LogP contribution in [0.3, 0.4) is 0 Å². The Hall–Kier alpha value is -1.39. The van der Waals surface area contributed by atoms with Gasteiger partial charge in [-0.1, -0.05) is 51.2 Å². The molecule has 0 atom stereocenters. The summed E-state index contributed by atoms with van der Waals surface area (Å²) < 4.78 is 66.5. The lowest BCUT2D eigenvalue weighted by Gasteiger charge is -2.38. The van der Waals surface area contributed by atoms with E-state index >= 15 is 0 Å². The third-order valence-corrected chi connectivity index (χ3v) is 8.00. The average Bonchev–Trinajstić information content (AvgIpc) is 2.77. The van der Waals surface area contributed by atoms with Crippen LogP contribution in [0.5, 0.6) is 0 Å². The number of benzene rings is 1. The first-order valence-corrected chi connectivity index (χ1v) is 13.0. The van der Waals surface area contributed by atoms with Crippen LogP contribution in [-0.2, 0) is 6.18 Å². The standard InChI is InChI=1S/C28H39F5/c1-2-3-4-5-6-7-8-9-20-10-12-21(13-11-20)22-14-16-23(17-15-22)24-18-25(29)27(26(30)19-24)28(31,32)33/h4-5,18-23H,2-3,6-17H2,1H3/b5-4+. The second-order valence-corrected chi connectivity index (χ2v) is 10.3. The molecule has 1 aromatic carbocycles. The summed E-state index contributed by atoms with van der Waals surface area (Å²) in [5.74, 6) is -0.786. The van der Waals surface area contributed by atoms with Crippen LogP contribution >= 0.6 is 0 Å². The van der Waals surface area contributed by atoms with Gasteiger partial charge in [0.2, 0.25) is 0 Å². The van der Waals surface area contributed by atoms with E-state index in [0.29, 0.717) is 11.5 Å². The molecule has 0 nitrogen and oxygen atoms in total. The molecule has 2 aliphatic carbocycles. The third-order valence-electron chi connectivity index (χ3n) is 8.00. The van der Waals surface area contributed by atoms with Crippen LogP contribution in [0.15, 0.2) is 24.3 Å². The Morgan fingerprint density at radius 3 is 1.88 bits per heavy atom. The topological polar surface area (TPSA) is 0 Å². The highest BCUT2D eigenvalue weighted by Gasteiger charge is 2.39. The molecule has 33 heavy (non-hydrogen) atoms. The van der Waals surface area contributed by atoms with Crippen molar-refractivity contribution in [3.63, 3.8) is 0 Å². The molecule has 0 unspecified atom stereocenters. The van der Waals surface area contributed by atoms with Gasteiger partial charge in [-0.25, -0.2) is 8.78 Å². The number of rotatable bonds is 9. The van der Waals surface area contributed by atoms with E-state index in [2.05, 4.69) is 19.1 Å². The zero-order valence-corrected chi connectivity index (χ0v) is 19.9. The monoisotopic (exact) mass is 470 g/mol. The minimum Gasteiger partial charge on any atom is -0.206 e. The van der Waals surface area contributed by atoms with Crippen molar-refractivity contribution < 1.29 is 22.0 Å². The minimum absolute atomic E-state index is 0.0461. The molecule has 0 aliphatic heterocycles. The van der Waals surface area contributed by atoms with Crippen molar-refractivity contribution in [3.05, 3.63) is 47.0 Å². The molecule has 0 heterocycles. The van der Waals surface area contributed by atoms with Crippen LogP contribution in [0.1, 0.15) is 114 Å². The van der Waals surface area contributed by atoms with E-state index in [9.17, 15) is 22.0 Å². The van der Waals surface area contributed by atoms with Crippen LogP contribution in [0, 0.1) is 29.4 Å². The Bertz CT molecular complexity index is 727. The van der Waals surface area contributed by atoms with E-state index in [1.54, 1.807) is 0 Å². The summed E-state index contributed by atoms with van der Waals surface area (Å²) in [4.78, 5) is 0. The fourth-order valence-corrected chi connectivity index (χ4v) is 6.07. The van der Waals surface area contributed by atoms with Gasteiger partial charge in [-0.3, -0.25) is 0 Å². The Kier molecular flexibility index (Phi) is 9.81. The van der Waals surface area contributed by atoms with Crippen molar-refractivity contribution in [2.75, 3.05) is 0 Å². The van der Waals surface area contributed by atoms with Crippen molar-refractivity contribution >= 4 is 0 Å². The lowest BCUT2D eigenvalue weighted by atomic mass is 9.68. The minimum atomic E-state index is -5.01. The summed E-state index contributed by atoms with van der Waals surface area (Å²) in [6.07, 6.45) is 16.0. The highest BCUT2D eigenvalue weighted by atomic mass is 19.4. The van der Waals surface area contributed by atoms with E-state index in [1.165, 1.54) is 64.2 Å². The molecular weight excluding hydrogens is 431 g/mol. The second kappa shape index (κ2) is 12.4. The van der Waals surface area contributed by atoms with Crippen LogP contribution in [0.2, 0.25) is 0 Å². The molecule has 1 aromatic rings. The Balaban J connectivity index is 1.40. The molecule has 3 rings (SSSR count). The highest BCUT2D eigenvalue weighted by Crippen LogP contribution is 2.45. The van der Waals surface area contributed by atoms with Gasteiger partial charge < -0.3 is 0 Å². The number of alkyl halides is 3. The van der Waals surface area contributed by atoms with Crippen molar-refractivity contribution in [2.24, 2.45) is 17.8 Å². The van der Waals surface area contributed by atoms with Crippen molar-refractivity contribution in [2.45, 2.75) is 109 Å².